The lowest BCUT2D eigenvalue weighted by atomic mass is 9.90. The summed E-state index contributed by atoms with van der Waals surface area (Å²) in [5.41, 5.74) is 4.90. The number of nitrogens with one attached hydrogen (secondary N) is 3. The fourth-order valence-corrected chi connectivity index (χ4v) is 7.14. The minimum atomic E-state index is -4.46. The normalized spacial score (nSPS) is 25.9. The highest BCUT2D eigenvalue weighted by Crippen LogP contribution is 2.65. The molecule has 5 atom stereocenters. The number of nitriles is 1. The predicted molar refractivity (Wildman–Crippen MR) is 156 cm³/mol. The second-order valence-corrected chi connectivity index (χ2v) is 14.0. The molecule has 1 saturated carbocycles. The van der Waals surface area contributed by atoms with Crippen molar-refractivity contribution in [2.75, 3.05) is 24.2 Å². The van der Waals surface area contributed by atoms with Crippen LogP contribution in [-0.4, -0.2) is 58.7 Å². The van der Waals surface area contributed by atoms with Crippen molar-refractivity contribution in [3.8, 4) is 6.07 Å². The molecule has 3 aliphatic rings. The lowest BCUT2D eigenvalue weighted by Crippen LogP contribution is -2.52. The van der Waals surface area contributed by atoms with E-state index in [1.807, 2.05) is 13.8 Å². The second kappa shape index (κ2) is 11.9. The highest BCUT2D eigenvalue weighted by atomic mass is 32.1. The summed E-state index contributed by atoms with van der Waals surface area (Å²) in [6.45, 7) is 8.98. The number of carbonyl (C=O) groups is 3. The lowest BCUT2D eigenvalue weighted by molar-refractivity contribution is -0.141. The molecule has 0 aromatic heterocycles. The number of anilines is 1. The van der Waals surface area contributed by atoms with Crippen LogP contribution in [0.3, 0.4) is 0 Å². The lowest BCUT2D eigenvalue weighted by Gasteiger charge is -2.33. The first kappa shape index (κ1) is 31.8. The van der Waals surface area contributed by atoms with Crippen molar-refractivity contribution in [2.24, 2.45) is 34.3 Å². The summed E-state index contributed by atoms with van der Waals surface area (Å²) in [6.07, 6.45) is -3.48. The second-order valence-electron chi connectivity index (χ2n) is 12.9. The number of fused-ring (bicyclic) bond motifs is 1. The van der Waals surface area contributed by atoms with Crippen LogP contribution in [0, 0.1) is 39.9 Å². The maximum atomic E-state index is 13.6. The third-order valence-corrected chi connectivity index (χ3v) is 10.2. The molecular weight excluding hydrogens is 569 g/mol. The van der Waals surface area contributed by atoms with Gasteiger partial charge in [0.1, 0.15) is 17.2 Å². The number of thiol groups is 1. The van der Waals surface area contributed by atoms with Gasteiger partial charge < -0.3 is 20.9 Å². The van der Waals surface area contributed by atoms with E-state index in [4.69, 9.17) is 5.73 Å². The van der Waals surface area contributed by atoms with Crippen molar-refractivity contribution >= 4 is 39.9 Å². The van der Waals surface area contributed by atoms with Gasteiger partial charge in [0.25, 0.3) is 0 Å². The number of halogens is 3. The quantitative estimate of drug-likeness (QED) is 0.216. The molecule has 0 unspecified atom stereocenters. The Labute approximate surface area is 247 Å². The molecule has 9 nitrogen and oxygen atoms in total. The van der Waals surface area contributed by atoms with Crippen LogP contribution in [0.5, 0.6) is 0 Å². The van der Waals surface area contributed by atoms with Crippen molar-refractivity contribution in [3.63, 3.8) is 0 Å². The number of alkyl halides is 3. The summed E-state index contributed by atoms with van der Waals surface area (Å²) in [5, 5.41) is 18.3. The Morgan fingerprint density at radius 3 is 2.64 bits per heavy atom. The predicted octanol–water partition coefficient (Wildman–Crippen LogP) is 3.06. The standard InChI is InChI=1S/C29H39F3N6O3S/c1-27(2,15-42-26(34)37-18-7-5-6-17(11-18)29(30,31)32)12-21(39)38-14-20-22(28(20,3)4)23(38)25(41)36-19(13-33)10-16-8-9-35-24(16)40/h5-7,11,16,19-20,22-23,37,42H,8-10,12,14-15,34H2,1-4H3,(H,35,40)(H,36,41)/t16-,19-,20-,22-,23-/m0/s1. The number of nitrogens with zero attached hydrogens (tertiary/aromatic N) is 2. The van der Waals surface area contributed by atoms with E-state index in [0.717, 1.165) is 12.1 Å². The van der Waals surface area contributed by atoms with E-state index >= 15 is 0 Å². The molecule has 1 aliphatic carbocycles. The van der Waals surface area contributed by atoms with Gasteiger partial charge in [-0.1, -0.05) is 33.8 Å². The Kier molecular flexibility index (Phi) is 9.00. The Bertz CT molecular complexity index is 1310. The first-order valence-corrected chi connectivity index (χ1v) is 15.1. The molecule has 2 heterocycles. The average molecular weight is 609 g/mol. The number of hydrogen-bond donors (Lipinski definition) is 5. The summed E-state index contributed by atoms with van der Waals surface area (Å²) in [5.74, 6) is -0.363. The molecule has 3 amide bonds. The van der Waals surface area contributed by atoms with E-state index in [9.17, 15) is 32.8 Å². The van der Waals surface area contributed by atoms with Crippen molar-refractivity contribution in [1.29, 1.82) is 5.26 Å². The van der Waals surface area contributed by atoms with Crippen LogP contribution in [0.1, 0.15) is 52.5 Å². The van der Waals surface area contributed by atoms with Gasteiger partial charge in [0.05, 0.1) is 11.6 Å². The van der Waals surface area contributed by atoms with Crippen molar-refractivity contribution < 1.29 is 27.6 Å². The van der Waals surface area contributed by atoms with E-state index in [1.165, 1.54) is 12.1 Å². The zero-order chi connectivity index (χ0) is 31.0. The third-order valence-electron chi connectivity index (χ3n) is 8.72. The van der Waals surface area contributed by atoms with Crippen LogP contribution >= 0.6 is 11.4 Å². The smallest absolute Gasteiger partial charge is 0.356 e. The minimum absolute atomic E-state index is 0.0163. The molecule has 2 aliphatic heterocycles. The zero-order valence-corrected chi connectivity index (χ0v) is 25.1. The van der Waals surface area contributed by atoms with E-state index in [2.05, 4.69) is 35.9 Å². The molecule has 5 N–H and O–H groups in total. The first-order valence-electron chi connectivity index (χ1n) is 14.0. The minimum Gasteiger partial charge on any atom is -0.356 e. The fourth-order valence-electron chi connectivity index (χ4n) is 6.23. The Morgan fingerprint density at radius 1 is 1.31 bits per heavy atom. The number of benzene rings is 1. The number of amides is 3. The van der Waals surface area contributed by atoms with Gasteiger partial charge in [-0.3, -0.25) is 20.1 Å². The van der Waals surface area contributed by atoms with E-state index < -0.39 is 29.2 Å². The average Bonchev–Trinajstić information content (AvgIpc) is 3.25. The number of piperidine rings is 1. The Morgan fingerprint density at radius 2 is 2.02 bits per heavy atom. The zero-order valence-electron chi connectivity index (χ0n) is 24.2. The molecule has 0 radical (unpaired) electrons. The van der Waals surface area contributed by atoms with Gasteiger partial charge in [0.2, 0.25) is 17.7 Å². The van der Waals surface area contributed by atoms with Crippen molar-refractivity contribution in [2.45, 2.75) is 65.2 Å². The van der Waals surface area contributed by atoms with Crippen LogP contribution in [-0.2, 0) is 20.6 Å². The number of likely N-dealkylation sites (tertiary alicyclic amines) is 1. The van der Waals surface area contributed by atoms with Crippen LogP contribution in [0.15, 0.2) is 24.3 Å². The van der Waals surface area contributed by atoms with E-state index in [0.29, 0.717) is 36.6 Å². The van der Waals surface area contributed by atoms with Crippen LogP contribution in [0.4, 0.5) is 18.9 Å². The first-order chi connectivity index (χ1) is 19.5. The van der Waals surface area contributed by atoms with Crippen molar-refractivity contribution in [3.05, 3.63) is 29.8 Å². The summed E-state index contributed by atoms with van der Waals surface area (Å²) >= 11 is 0.621. The molecule has 1 aromatic rings. The van der Waals surface area contributed by atoms with Gasteiger partial charge in [-0.25, -0.2) is 0 Å². The van der Waals surface area contributed by atoms with Gasteiger partial charge in [-0.2, -0.15) is 29.8 Å². The number of hydrogen-bond acceptors (Lipinski definition) is 4. The number of carbonyl (C=O) groups excluding carboxylic acids is 3. The summed E-state index contributed by atoms with van der Waals surface area (Å²) in [7, 11) is 0. The maximum absolute atomic E-state index is 13.6. The van der Waals surface area contributed by atoms with Gasteiger partial charge in [-0.05, 0) is 59.5 Å². The highest BCUT2D eigenvalue weighted by molar-refractivity contribution is 7.98. The topological polar surface area (TPSA) is 140 Å². The third kappa shape index (κ3) is 7.09. The van der Waals surface area contributed by atoms with Gasteiger partial charge in [-0.15, -0.1) is 0 Å². The summed E-state index contributed by atoms with van der Waals surface area (Å²) < 4.78 is 39.1. The SMILES string of the molecule is CC(C)(C/[SH]=C(\N)Nc1cccc(C(F)(F)F)c1)CC(=O)N1C[C@H]2[C@@H]([C@H]1C(=O)N[C@H](C#N)C[C@@H]1CCNC1=O)C2(C)C. The molecule has 3 fully saturated rings. The fraction of sp³-hybridized carbons (Fsp3) is 0.621. The monoisotopic (exact) mass is 608 g/mol. The van der Waals surface area contributed by atoms with Crippen LogP contribution in [0.2, 0.25) is 0 Å². The highest BCUT2D eigenvalue weighted by Gasteiger charge is 2.69. The Hall–Kier alpha value is -3.11. The number of nitrogens with two attached hydrogens (primary N) is 1. The van der Waals surface area contributed by atoms with Crippen molar-refractivity contribution in [1.82, 2.24) is 15.5 Å². The molecule has 4 rings (SSSR count). The largest absolute Gasteiger partial charge is 0.416 e. The van der Waals surface area contributed by atoms with Crippen LogP contribution in [0.25, 0.3) is 0 Å². The molecule has 230 valence electrons. The van der Waals surface area contributed by atoms with E-state index in [-0.39, 0.29) is 64.5 Å². The molecule has 2 saturated heterocycles. The van der Waals surface area contributed by atoms with Crippen LogP contribution < -0.4 is 21.7 Å². The molecule has 0 spiro atoms. The van der Waals surface area contributed by atoms with E-state index in [1.54, 1.807) is 4.90 Å². The summed E-state index contributed by atoms with van der Waals surface area (Å²) in [6, 6.07) is 5.34. The maximum Gasteiger partial charge on any atom is 0.416 e. The van der Waals surface area contributed by atoms with Gasteiger partial charge in [0, 0.05) is 31.1 Å². The van der Waals surface area contributed by atoms with Gasteiger partial charge in [0.15, 0.2) is 0 Å². The Balaban J connectivity index is 1.38. The molecule has 0 bridgehead atoms. The molecular formula is C29H39F3N6O3S. The number of rotatable bonds is 9. The summed E-state index contributed by atoms with van der Waals surface area (Å²) in [4.78, 5) is 40.7. The van der Waals surface area contributed by atoms with Gasteiger partial charge >= 0.3 is 6.18 Å². The molecule has 1 aromatic carbocycles. The molecule has 13 heteroatoms. The molecule has 42 heavy (non-hydrogen) atoms.